The van der Waals surface area contributed by atoms with Gasteiger partial charge in [0.2, 0.25) is 10.0 Å². The van der Waals surface area contributed by atoms with Gasteiger partial charge >= 0.3 is 12.1 Å². The Balaban J connectivity index is 0.000000505. The molecular weight excluding hydrogens is 539 g/mol. The maximum Gasteiger partial charge on any atom is 0.490 e. The molecule has 0 atom stereocenters. The van der Waals surface area contributed by atoms with Crippen LogP contribution >= 0.6 is 11.3 Å². The molecule has 0 radical (unpaired) electrons. The van der Waals surface area contributed by atoms with Crippen molar-refractivity contribution in [3.8, 4) is 11.1 Å². The van der Waals surface area contributed by atoms with Crippen LogP contribution in [-0.2, 0) is 27.9 Å². The number of sulfonamides is 1. The third kappa shape index (κ3) is 9.52. The van der Waals surface area contributed by atoms with Crippen LogP contribution in [0.5, 0.6) is 0 Å². The zero-order chi connectivity index (χ0) is 27.6. The Morgan fingerprint density at radius 3 is 2.00 bits per heavy atom. The highest BCUT2D eigenvalue weighted by atomic mass is 32.2. The van der Waals surface area contributed by atoms with Gasteiger partial charge < -0.3 is 15.3 Å². The lowest BCUT2D eigenvalue weighted by atomic mass is 10.0. The molecule has 0 spiro atoms. The fourth-order valence-corrected chi connectivity index (χ4v) is 5.50. The second kappa shape index (κ2) is 13.9. The summed E-state index contributed by atoms with van der Waals surface area (Å²) in [6.45, 7) is 5.04. The Labute approximate surface area is 224 Å². The minimum atomic E-state index is -5.08. The van der Waals surface area contributed by atoms with Crippen molar-refractivity contribution in [1.82, 2.24) is 14.9 Å². The van der Waals surface area contributed by atoms with Crippen LogP contribution < -0.4 is 10.0 Å². The van der Waals surface area contributed by atoms with E-state index in [0.29, 0.717) is 11.4 Å². The van der Waals surface area contributed by atoms with Crippen molar-refractivity contribution >= 4 is 27.3 Å². The maximum atomic E-state index is 12.5. The molecule has 1 aromatic heterocycles. The van der Waals surface area contributed by atoms with Crippen LogP contribution in [0, 0.1) is 0 Å². The van der Waals surface area contributed by atoms with Crippen LogP contribution in [0.15, 0.2) is 70.3 Å². The number of nitrogens with zero attached hydrogens (tertiary/aromatic N) is 1. The summed E-state index contributed by atoms with van der Waals surface area (Å²) < 4.78 is 59.6. The van der Waals surface area contributed by atoms with E-state index in [0.717, 1.165) is 43.9 Å². The van der Waals surface area contributed by atoms with Crippen LogP contribution in [0.2, 0.25) is 0 Å². The molecule has 3 N–H and O–H groups in total. The minimum Gasteiger partial charge on any atom is -0.475 e. The SMILES string of the molecule is O=C(O)C(F)(F)F.O=S(=O)(NCCN1CCCC1)c1ccc(-c2ccc(CNCc3ccsc3)cc2)cc1. The number of rotatable bonds is 10. The quantitative estimate of drug-likeness (QED) is 0.327. The highest BCUT2D eigenvalue weighted by Crippen LogP contribution is 2.22. The Morgan fingerprint density at radius 1 is 0.921 bits per heavy atom. The number of benzene rings is 2. The number of halogens is 3. The fraction of sp³-hybridized carbons (Fsp3) is 0.346. The topological polar surface area (TPSA) is 98.7 Å². The van der Waals surface area contributed by atoms with E-state index < -0.39 is 22.2 Å². The summed E-state index contributed by atoms with van der Waals surface area (Å²) in [5.41, 5.74) is 4.61. The Hall–Kier alpha value is -2.77. The number of hydrogen-bond donors (Lipinski definition) is 3. The minimum absolute atomic E-state index is 0.312. The number of carbonyl (C=O) groups is 1. The highest BCUT2D eigenvalue weighted by molar-refractivity contribution is 7.89. The molecule has 2 heterocycles. The van der Waals surface area contributed by atoms with Crippen LogP contribution in [-0.4, -0.2) is 56.7 Å². The van der Waals surface area contributed by atoms with Crippen LogP contribution in [0.4, 0.5) is 13.2 Å². The lowest BCUT2D eigenvalue weighted by Gasteiger charge is -2.15. The molecule has 1 saturated heterocycles. The van der Waals surface area contributed by atoms with Crippen molar-refractivity contribution in [2.75, 3.05) is 26.2 Å². The summed E-state index contributed by atoms with van der Waals surface area (Å²) in [5, 5.41) is 14.8. The van der Waals surface area contributed by atoms with E-state index in [-0.39, 0.29) is 0 Å². The van der Waals surface area contributed by atoms with Gasteiger partial charge in [0.05, 0.1) is 4.90 Å². The van der Waals surface area contributed by atoms with Gasteiger partial charge in [-0.25, -0.2) is 17.9 Å². The summed E-state index contributed by atoms with van der Waals surface area (Å²) in [5.74, 6) is -2.76. The van der Waals surface area contributed by atoms with E-state index >= 15 is 0 Å². The zero-order valence-corrected chi connectivity index (χ0v) is 22.2. The molecule has 0 aliphatic carbocycles. The highest BCUT2D eigenvalue weighted by Gasteiger charge is 2.38. The number of alkyl halides is 3. The van der Waals surface area contributed by atoms with Crippen molar-refractivity contribution in [3.63, 3.8) is 0 Å². The first kappa shape index (κ1) is 29.8. The summed E-state index contributed by atoms with van der Waals surface area (Å²) in [4.78, 5) is 11.5. The third-order valence-electron chi connectivity index (χ3n) is 5.85. The van der Waals surface area contributed by atoms with E-state index in [1.54, 1.807) is 23.5 Å². The molecule has 0 saturated carbocycles. The standard InChI is InChI=1S/C24H29N3O2S2.C2HF3O2/c28-31(29,26-12-15-27-13-1-2-14-27)24-9-7-23(8-10-24)22-5-3-20(4-6-22)17-25-18-21-11-16-30-19-21;3-2(4,5)1(6)7/h3-11,16,19,25-26H,1-2,12-15,17-18H2;(H,6,7). The van der Waals surface area contributed by atoms with Crippen LogP contribution in [0.25, 0.3) is 11.1 Å². The third-order valence-corrected chi connectivity index (χ3v) is 8.06. The monoisotopic (exact) mass is 569 g/mol. The first-order valence-corrected chi connectivity index (χ1v) is 14.4. The molecule has 0 amide bonds. The molecule has 0 unspecified atom stereocenters. The van der Waals surface area contributed by atoms with Crippen molar-refractivity contribution in [1.29, 1.82) is 0 Å². The van der Waals surface area contributed by atoms with Gasteiger partial charge in [0.15, 0.2) is 0 Å². The first-order valence-electron chi connectivity index (χ1n) is 12.0. The number of thiophene rings is 1. The molecule has 12 heteroatoms. The number of hydrogen-bond acceptors (Lipinski definition) is 6. The van der Waals surface area contributed by atoms with Gasteiger partial charge in [-0.05, 0) is 77.1 Å². The molecule has 1 aliphatic heterocycles. The van der Waals surface area contributed by atoms with Gasteiger partial charge in [0, 0.05) is 26.2 Å². The average Bonchev–Trinajstić information content (AvgIpc) is 3.59. The predicted molar refractivity (Wildman–Crippen MR) is 141 cm³/mol. The molecule has 1 aliphatic rings. The van der Waals surface area contributed by atoms with Gasteiger partial charge in [-0.15, -0.1) is 0 Å². The largest absolute Gasteiger partial charge is 0.490 e. The molecule has 2 aromatic carbocycles. The van der Waals surface area contributed by atoms with Gasteiger partial charge in [-0.2, -0.15) is 24.5 Å². The predicted octanol–water partition coefficient (Wildman–Crippen LogP) is 4.71. The van der Waals surface area contributed by atoms with Crippen molar-refractivity contribution in [2.24, 2.45) is 0 Å². The number of nitrogens with one attached hydrogen (secondary N) is 2. The molecule has 0 bridgehead atoms. The molecule has 7 nitrogen and oxygen atoms in total. The lowest BCUT2D eigenvalue weighted by molar-refractivity contribution is -0.192. The fourth-order valence-electron chi connectivity index (χ4n) is 3.81. The maximum absolute atomic E-state index is 12.5. The van der Waals surface area contributed by atoms with E-state index in [1.807, 2.05) is 12.1 Å². The van der Waals surface area contributed by atoms with E-state index in [9.17, 15) is 21.6 Å². The van der Waals surface area contributed by atoms with E-state index in [1.165, 1.54) is 24.0 Å². The lowest BCUT2D eigenvalue weighted by Crippen LogP contribution is -2.33. The van der Waals surface area contributed by atoms with Crippen molar-refractivity contribution in [2.45, 2.75) is 37.0 Å². The molecule has 4 rings (SSSR count). The number of aliphatic carboxylic acids is 1. The average molecular weight is 570 g/mol. The number of carboxylic acids is 1. The molecule has 1 fully saturated rings. The molecule has 206 valence electrons. The zero-order valence-electron chi connectivity index (χ0n) is 20.6. The second-order valence-corrected chi connectivity index (χ2v) is 11.3. The molecule has 3 aromatic rings. The second-order valence-electron chi connectivity index (χ2n) is 8.71. The molecular formula is C26H30F3N3O4S2. The smallest absolute Gasteiger partial charge is 0.475 e. The summed E-state index contributed by atoms with van der Waals surface area (Å²) in [7, 11) is -3.47. The van der Waals surface area contributed by atoms with E-state index in [2.05, 4.69) is 56.0 Å². The van der Waals surface area contributed by atoms with Crippen LogP contribution in [0.3, 0.4) is 0 Å². The van der Waals surface area contributed by atoms with Gasteiger partial charge in [0.1, 0.15) is 0 Å². The van der Waals surface area contributed by atoms with Crippen LogP contribution in [0.1, 0.15) is 24.0 Å². The first-order chi connectivity index (χ1) is 18.0. The Morgan fingerprint density at radius 2 is 1.47 bits per heavy atom. The van der Waals surface area contributed by atoms with Gasteiger partial charge in [-0.1, -0.05) is 36.4 Å². The number of likely N-dealkylation sites (tertiary alicyclic amines) is 1. The summed E-state index contributed by atoms with van der Waals surface area (Å²) in [6, 6.07) is 17.6. The van der Waals surface area contributed by atoms with Gasteiger partial charge in [0.25, 0.3) is 0 Å². The van der Waals surface area contributed by atoms with E-state index in [4.69, 9.17) is 9.90 Å². The Kier molecular flexibility index (Phi) is 10.9. The van der Waals surface area contributed by atoms with Gasteiger partial charge in [-0.3, -0.25) is 0 Å². The number of carboxylic acid groups (broad SMARTS) is 1. The van der Waals surface area contributed by atoms with Crippen molar-refractivity contribution < 1.29 is 31.5 Å². The molecule has 38 heavy (non-hydrogen) atoms. The summed E-state index contributed by atoms with van der Waals surface area (Å²) in [6.07, 6.45) is -2.67. The normalized spacial score (nSPS) is 14.2. The Bertz CT molecular complexity index is 1240. The summed E-state index contributed by atoms with van der Waals surface area (Å²) >= 11 is 1.71. The van der Waals surface area contributed by atoms with Crippen molar-refractivity contribution in [3.05, 3.63) is 76.5 Å².